The van der Waals surface area contributed by atoms with Gasteiger partial charge in [0, 0.05) is 0 Å². The molecule has 1 N–H and O–H groups in total. The average Bonchev–Trinajstić information content (AvgIpc) is 2.52. The standard InChI is InChI=1S/C4H8NO.C4H6.In/c1-2-3-5-4-6;1-3-4-2;/h2-3H2,1H3,(H,5,6);1,3H,2,4H2;. The summed E-state index contributed by atoms with van der Waals surface area (Å²) in [6, 6.07) is 0. The first kappa shape index (κ1) is 9.17. The van der Waals surface area contributed by atoms with Crippen LogP contribution in [-0.4, -0.2) is 31.6 Å². The number of amides is 1. The van der Waals surface area contributed by atoms with Crippen molar-refractivity contribution in [3.05, 3.63) is 9.91 Å². The Morgan fingerprint density at radius 3 is 3.09 bits per heavy atom. The molecule has 60 valence electrons. The van der Waals surface area contributed by atoms with Gasteiger partial charge in [-0.1, -0.05) is 0 Å². The van der Waals surface area contributed by atoms with Crippen LogP contribution in [0.4, 0.5) is 4.79 Å². The van der Waals surface area contributed by atoms with Gasteiger partial charge in [-0.25, -0.2) is 0 Å². The molecule has 0 aromatic heterocycles. The molecule has 0 spiro atoms. The number of hydrogen-bond donors (Lipinski definition) is 1. The first-order chi connectivity index (χ1) is 5.34. The summed E-state index contributed by atoms with van der Waals surface area (Å²) in [7, 11) is 0. The summed E-state index contributed by atoms with van der Waals surface area (Å²) in [5, 5.41) is 2.98. The molecule has 0 atom stereocenters. The van der Waals surface area contributed by atoms with Gasteiger partial charge in [-0.3, -0.25) is 0 Å². The molecule has 1 aliphatic heterocycles. The van der Waals surface area contributed by atoms with Crippen LogP contribution in [-0.2, 0) is 0 Å². The fourth-order valence-electron chi connectivity index (χ4n) is 1.23. The van der Waals surface area contributed by atoms with Crippen LogP contribution in [0.15, 0.2) is 9.91 Å². The maximum atomic E-state index is 11.3. The van der Waals surface area contributed by atoms with Crippen LogP contribution in [0.2, 0.25) is 4.18 Å². The Morgan fingerprint density at radius 2 is 2.55 bits per heavy atom. The summed E-state index contributed by atoms with van der Waals surface area (Å²) in [5.74, 6) is 0. The van der Waals surface area contributed by atoms with Crippen molar-refractivity contribution in [1.82, 2.24) is 5.32 Å². The van der Waals surface area contributed by atoms with Gasteiger partial charge in [0.1, 0.15) is 0 Å². The van der Waals surface area contributed by atoms with E-state index in [9.17, 15) is 4.79 Å². The minimum atomic E-state index is -1.80. The normalized spacial score (nSPS) is 15.5. The van der Waals surface area contributed by atoms with E-state index in [1.54, 1.807) is 0 Å². The Balaban J connectivity index is 2.23. The van der Waals surface area contributed by atoms with Crippen LogP contribution < -0.4 is 5.32 Å². The molecule has 3 heteroatoms. The van der Waals surface area contributed by atoms with Crippen LogP contribution in [0.3, 0.4) is 0 Å². The van der Waals surface area contributed by atoms with Gasteiger partial charge in [0.2, 0.25) is 0 Å². The third kappa shape index (κ3) is 2.89. The van der Waals surface area contributed by atoms with E-state index in [0.29, 0.717) is 3.66 Å². The SMILES string of the molecule is CCCN[C](=O)[In]1[CH]=CC[CH2]1. The molecule has 0 bridgehead atoms. The summed E-state index contributed by atoms with van der Waals surface area (Å²) in [5.41, 5.74) is 0. The molecule has 0 aromatic carbocycles. The Hall–Kier alpha value is 0.0801. The Morgan fingerprint density at radius 1 is 1.73 bits per heavy atom. The Labute approximate surface area is 75.6 Å². The van der Waals surface area contributed by atoms with Crippen molar-refractivity contribution in [3.8, 4) is 0 Å². The van der Waals surface area contributed by atoms with Crippen LogP contribution in [0.5, 0.6) is 0 Å². The van der Waals surface area contributed by atoms with E-state index in [0.717, 1.165) is 19.4 Å². The molecule has 0 saturated carbocycles. The second-order valence-electron chi connectivity index (χ2n) is 2.90. The topological polar surface area (TPSA) is 29.1 Å². The molecular formula is C8H14InNO. The third-order valence-electron chi connectivity index (χ3n) is 1.90. The van der Waals surface area contributed by atoms with Crippen LogP contribution in [0.25, 0.3) is 0 Å². The molecule has 1 heterocycles. The molecule has 11 heavy (non-hydrogen) atoms. The fourth-order valence-corrected chi connectivity index (χ4v) is 7.25. The van der Waals surface area contributed by atoms with Crippen LogP contribution in [0.1, 0.15) is 19.8 Å². The molecule has 2 nitrogen and oxygen atoms in total. The predicted molar refractivity (Wildman–Crippen MR) is 48.0 cm³/mol. The van der Waals surface area contributed by atoms with E-state index in [-0.39, 0.29) is 0 Å². The van der Waals surface area contributed by atoms with Crippen molar-refractivity contribution in [2.45, 2.75) is 23.9 Å². The summed E-state index contributed by atoms with van der Waals surface area (Å²) in [6.45, 7) is 2.94. The zero-order chi connectivity index (χ0) is 8.10. The van der Waals surface area contributed by atoms with Gasteiger partial charge in [0.25, 0.3) is 0 Å². The number of allylic oxidation sites excluding steroid dienone is 1. The summed E-state index contributed by atoms with van der Waals surface area (Å²) in [6.07, 6.45) is 4.38. The first-order valence-electron chi connectivity index (χ1n) is 4.29. The van der Waals surface area contributed by atoms with E-state index in [2.05, 4.69) is 22.1 Å². The van der Waals surface area contributed by atoms with Gasteiger partial charge in [-0.05, 0) is 0 Å². The molecule has 0 aromatic rings. The van der Waals surface area contributed by atoms with Gasteiger partial charge in [0.15, 0.2) is 0 Å². The molecule has 0 aliphatic carbocycles. The molecule has 1 aliphatic rings. The second-order valence-corrected chi connectivity index (χ2v) is 10.6. The van der Waals surface area contributed by atoms with Crippen molar-refractivity contribution in [2.24, 2.45) is 0 Å². The van der Waals surface area contributed by atoms with Gasteiger partial charge in [-0.15, -0.1) is 0 Å². The van der Waals surface area contributed by atoms with E-state index in [4.69, 9.17) is 0 Å². The summed E-state index contributed by atoms with van der Waals surface area (Å²) < 4.78 is 3.83. The number of carbonyl (C=O) groups excluding carboxylic acids is 1. The van der Waals surface area contributed by atoms with Crippen LogP contribution >= 0.6 is 0 Å². The Kier molecular flexibility index (Phi) is 4.05. The predicted octanol–water partition coefficient (Wildman–Crippen LogP) is 1.68. The van der Waals surface area contributed by atoms with Gasteiger partial charge in [-0.2, -0.15) is 0 Å². The van der Waals surface area contributed by atoms with E-state index in [1.165, 1.54) is 4.18 Å². The van der Waals surface area contributed by atoms with E-state index < -0.39 is 21.4 Å². The van der Waals surface area contributed by atoms with E-state index >= 15 is 0 Å². The van der Waals surface area contributed by atoms with Crippen molar-refractivity contribution >= 4 is 25.1 Å². The summed E-state index contributed by atoms with van der Waals surface area (Å²) >= 11 is -1.80. The number of rotatable bonds is 3. The quantitative estimate of drug-likeness (QED) is 0.816. The van der Waals surface area contributed by atoms with Gasteiger partial charge >= 0.3 is 75.6 Å². The molecule has 1 rings (SSSR count). The number of carbonyl (C=O) groups is 1. The van der Waals surface area contributed by atoms with Gasteiger partial charge < -0.3 is 0 Å². The molecular weight excluding hydrogens is 241 g/mol. The third-order valence-corrected chi connectivity index (χ3v) is 9.23. The molecule has 0 saturated heterocycles. The zero-order valence-corrected chi connectivity index (χ0v) is 10.3. The van der Waals surface area contributed by atoms with Crippen molar-refractivity contribution in [1.29, 1.82) is 0 Å². The Bertz CT molecular complexity index is 167. The minimum absolute atomic E-state index is 0.405. The van der Waals surface area contributed by atoms with Crippen molar-refractivity contribution in [2.75, 3.05) is 6.54 Å². The summed E-state index contributed by atoms with van der Waals surface area (Å²) in [4.78, 5) is 11.3. The van der Waals surface area contributed by atoms with Crippen molar-refractivity contribution in [3.63, 3.8) is 0 Å². The number of nitrogens with one attached hydrogen (secondary N) is 1. The van der Waals surface area contributed by atoms with E-state index in [1.807, 2.05) is 0 Å². The average molecular weight is 255 g/mol. The molecule has 0 radical (unpaired) electrons. The zero-order valence-electron chi connectivity index (χ0n) is 6.97. The molecule has 1 amide bonds. The maximum absolute atomic E-state index is 11.3. The van der Waals surface area contributed by atoms with Crippen molar-refractivity contribution < 1.29 is 4.79 Å². The second kappa shape index (κ2) is 4.86. The number of hydrogen-bond acceptors (Lipinski definition) is 1. The van der Waals surface area contributed by atoms with Gasteiger partial charge in [0.05, 0.1) is 0 Å². The molecule has 0 unspecified atom stereocenters. The first-order valence-corrected chi connectivity index (χ1v) is 10.2. The monoisotopic (exact) mass is 255 g/mol. The molecule has 0 fully saturated rings. The van der Waals surface area contributed by atoms with Crippen LogP contribution in [0, 0.1) is 0 Å². The fraction of sp³-hybridized carbons (Fsp3) is 0.625.